The van der Waals surface area contributed by atoms with E-state index in [2.05, 4.69) is 26.2 Å². The number of ketones is 1. The molecule has 1 heterocycles. The molecular formula is C10H8BrFN4O. The van der Waals surface area contributed by atoms with Crippen molar-refractivity contribution in [3.63, 3.8) is 0 Å². The largest absolute Gasteiger partial charge is 0.398 e. The third-order valence-corrected chi connectivity index (χ3v) is 2.79. The van der Waals surface area contributed by atoms with Gasteiger partial charge in [-0.2, -0.15) is 0 Å². The number of nitrogens with two attached hydrogens (primary N) is 1. The Bertz CT molecular complexity index is 576. The Morgan fingerprint density at radius 1 is 1.53 bits per heavy atom. The molecule has 1 aromatic carbocycles. The molecule has 0 saturated heterocycles. The predicted molar refractivity (Wildman–Crippen MR) is 62.9 cm³/mol. The molecule has 0 unspecified atom stereocenters. The summed E-state index contributed by atoms with van der Waals surface area (Å²) in [5.74, 6) is -0.949. The van der Waals surface area contributed by atoms with Crippen LogP contribution in [0.2, 0.25) is 0 Å². The first kappa shape index (κ1) is 11.7. The highest BCUT2D eigenvalue weighted by Crippen LogP contribution is 2.21. The molecule has 0 fully saturated rings. The summed E-state index contributed by atoms with van der Waals surface area (Å²) in [6, 6.07) is 3.64. The zero-order valence-electron chi connectivity index (χ0n) is 8.82. The van der Waals surface area contributed by atoms with Crippen molar-refractivity contribution < 1.29 is 9.18 Å². The van der Waals surface area contributed by atoms with Gasteiger partial charge in [0.1, 0.15) is 11.5 Å². The summed E-state index contributed by atoms with van der Waals surface area (Å²) in [5, 5.41) is 7.37. The Kier molecular flexibility index (Phi) is 2.93. The quantitative estimate of drug-likeness (QED) is 0.674. The Balaban J connectivity index is 2.55. The molecule has 0 saturated carbocycles. The van der Waals surface area contributed by atoms with E-state index in [4.69, 9.17) is 5.73 Å². The number of nitrogens with zero attached hydrogens (tertiary/aromatic N) is 3. The Morgan fingerprint density at radius 2 is 2.24 bits per heavy atom. The van der Waals surface area contributed by atoms with Crippen LogP contribution in [0.3, 0.4) is 0 Å². The molecule has 0 radical (unpaired) electrons. The normalized spacial score (nSPS) is 10.5. The molecule has 2 N–H and O–H groups in total. The van der Waals surface area contributed by atoms with E-state index < -0.39 is 11.6 Å². The Labute approximate surface area is 105 Å². The van der Waals surface area contributed by atoms with Crippen LogP contribution in [0, 0.1) is 5.82 Å². The molecule has 0 spiro atoms. The summed E-state index contributed by atoms with van der Waals surface area (Å²) in [4.78, 5) is 12.1. The number of anilines is 1. The second-order valence-corrected chi connectivity index (χ2v) is 4.16. The van der Waals surface area contributed by atoms with Gasteiger partial charge in [-0.05, 0) is 34.1 Å². The molecule has 2 rings (SSSR count). The fourth-order valence-corrected chi connectivity index (χ4v) is 1.93. The SMILES string of the molecule is Cn1nnc(Br)c1C(=O)c1cc(F)ccc1N. The topological polar surface area (TPSA) is 73.8 Å². The van der Waals surface area contributed by atoms with E-state index >= 15 is 0 Å². The molecule has 88 valence electrons. The molecule has 2 aromatic rings. The molecule has 5 nitrogen and oxygen atoms in total. The molecule has 0 bridgehead atoms. The van der Waals surface area contributed by atoms with Gasteiger partial charge in [0.25, 0.3) is 0 Å². The number of aromatic nitrogens is 3. The van der Waals surface area contributed by atoms with Crippen molar-refractivity contribution in [1.29, 1.82) is 0 Å². The first-order chi connectivity index (χ1) is 8.00. The second kappa shape index (κ2) is 4.25. The smallest absolute Gasteiger partial charge is 0.216 e. The van der Waals surface area contributed by atoms with E-state index in [1.54, 1.807) is 7.05 Å². The van der Waals surface area contributed by atoms with Crippen LogP contribution < -0.4 is 5.73 Å². The summed E-state index contributed by atoms with van der Waals surface area (Å²) >= 11 is 3.11. The lowest BCUT2D eigenvalue weighted by Gasteiger charge is -2.05. The van der Waals surface area contributed by atoms with Crippen molar-refractivity contribution in [3.8, 4) is 0 Å². The van der Waals surface area contributed by atoms with Gasteiger partial charge in [0.2, 0.25) is 5.78 Å². The summed E-state index contributed by atoms with van der Waals surface area (Å²) in [6.45, 7) is 0. The van der Waals surface area contributed by atoms with Gasteiger partial charge in [0, 0.05) is 12.7 Å². The van der Waals surface area contributed by atoms with Crippen molar-refractivity contribution in [2.24, 2.45) is 7.05 Å². The average Bonchev–Trinajstić information content (AvgIpc) is 2.61. The van der Waals surface area contributed by atoms with Crippen molar-refractivity contribution in [2.45, 2.75) is 0 Å². The lowest BCUT2D eigenvalue weighted by molar-refractivity contribution is 0.103. The van der Waals surface area contributed by atoms with Crippen LogP contribution in [-0.4, -0.2) is 20.8 Å². The number of hydrogen-bond acceptors (Lipinski definition) is 4. The van der Waals surface area contributed by atoms with Crippen LogP contribution in [0.5, 0.6) is 0 Å². The van der Waals surface area contributed by atoms with Crippen LogP contribution in [0.1, 0.15) is 16.1 Å². The van der Waals surface area contributed by atoms with Crippen LogP contribution in [-0.2, 0) is 7.05 Å². The van der Waals surface area contributed by atoms with Gasteiger partial charge in [0.05, 0.1) is 5.56 Å². The molecule has 1 aromatic heterocycles. The van der Waals surface area contributed by atoms with Crippen LogP contribution in [0.25, 0.3) is 0 Å². The highest BCUT2D eigenvalue weighted by molar-refractivity contribution is 9.10. The summed E-state index contributed by atoms with van der Waals surface area (Å²) in [6.07, 6.45) is 0. The fraction of sp³-hybridized carbons (Fsp3) is 0.100. The fourth-order valence-electron chi connectivity index (χ4n) is 1.43. The van der Waals surface area contributed by atoms with Crippen molar-refractivity contribution in [3.05, 3.63) is 39.9 Å². The molecule has 7 heteroatoms. The number of aryl methyl sites for hydroxylation is 1. The molecule has 17 heavy (non-hydrogen) atoms. The summed E-state index contributed by atoms with van der Waals surface area (Å²) < 4.78 is 14.7. The standard InChI is InChI=1S/C10H8BrFN4O/c1-16-8(10(11)14-15-16)9(17)6-4-5(12)2-3-7(6)13/h2-4H,13H2,1H3. The summed E-state index contributed by atoms with van der Waals surface area (Å²) in [7, 11) is 1.57. The molecular weight excluding hydrogens is 291 g/mol. The van der Waals surface area contributed by atoms with Gasteiger partial charge in [-0.15, -0.1) is 5.10 Å². The van der Waals surface area contributed by atoms with Gasteiger partial charge < -0.3 is 5.73 Å². The van der Waals surface area contributed by atoms with Crippen molar-refractivity contribution in [1.82, 2.24) is 15.0 Å². The maximum Gasteiger partial charge on any atom is 0.216 e. The van der Waals surface area contributed by atoms with Gasteiger partial charge in [-0.3, -0.25) is 4.79 Å². The number of benzene rings is 1. The number of carbonyl (C=O) groups excluding carboxylic acids is 1. The van der Waals surface area contributed by atoms with Gasteiger partial charge in [0.15, 0.2) is 4.60 Å². The van der Waals surface area contributed by atoms with E-state index in [1.807, 2.05) is 0 Å². The van der Waals surface area contributed by atoms with Gasteiger partial charge in [-0.25, -0.2) is 9.07 Å². The lowest BCUT2D eigenvalue weighted by Crippen LogP contribution is -2.11. The lowest BCUT2D eigenvalue weighted by atomic mass is 10.1. The Hall–Kier alpha value is -1.76. The number of hydrogen-bond donors (Lipinski definition) is 1. The minimum absolute atomic E-state index is 0.0936. The average molecular weight is 299 g/mol. The molecule has 0 aliphatic heterocycles. The van der Waals surface area contributed by atoms with Crippen LogP contribution in [0.4, 0.5) is 10.1 Å². The predicted octanol–water partition coefficient (Wildman–Crippen LogP) is 1.53. The highest BCUT2D eigenvalue weighted by atomic mass is 79.9. The zero-order chi connectivity index (χ0) is 12.6. The third kappa shape index (κ3) is 2.05. The third-order valence-electron chi connectivity index (χ3n) is 2.26. The molecule has 0 atom stereocenters. The van der Waals surface area contributed by atoms with E-state index in [0.29, 0.717) is 4.60 Å². The molecule has 0 aliphatic carbocycles. The second-order valence-electron chi connectivity index (χ2n) is 3.41. The van der Waals surface area contributed by atoms with E-state index in [1.165, 1.54) is 16.8 Å². The molecule has 0 aliphatic rings. The monoisotopic (exact) mass is 298 g/mol. The highest BCUT2D eigenvalue weighted by Gasteiger charge is 2.21. The first-order valence-electron chi connectivity index (χ1n) is 4.65. The van der Waals surface area contributed by atoms with Gasteiger partial charge >= 0.3 is 0 Å². The Morgan fingerprint density at radius 3 is 2.82 bits per heavy atom. The number of halogens is 2. The van der Waals surface area contributed by atoms with Crippen LogP contribution >= 0.6 is 15.9 Å². The van der Waals surface area contributed by atoms with E-state index in [9.17, 15) is 9.18 Å². The first-order valence-corrected chi connectivity index (χ1v) is 5.45. The number of rotatable bonds is 2. The zero-order valence-corrected chi connectivity index (χ0v) is 10.4. The van der Waals surface area contributed by atoms with E-state index in [0.717, 1.165) is 6.07 Å². The minimum atomic E-state index is -0.520. The summed E-state index contributed by atoms with van der Waals surface area (Å²) in [5.41, 5.74) is 6.17. The maximum absolute atomic E-state index is 13.1. The number of nitrogen functional groups attached to an aromatic ring is 1. The minimum Gasteiger partial charge on any atom is -0.398 e. The maximum atomic E-state index is 13.1. The van der Waals surface area contributed by atoms with Crippen LogP contribution in [0.15, 0.2) is 22.8 Å². The van der Waals surface area contributed by atoms with Gasteiger partial charge in [-0.1, -0.05) is 5.21 Å². The van der Waals surface area contributed by atoms with E-state index in [-0.39, 0.29) is 16.9 Å². The van der Waals surface area contributed by atoms with Crippen molar-refractivity contribution in [2.75, 3.05) is 5.73 Å². The molecule has 0 amide bonds. The number of carbonyl (C=O) groups is 1. The van der Waals surface area contributed by atoms with Crippen molar-refractivity contribution >= 4 is 27.4 Å².